The van der Waals surface area contributed by atoms with Crippen molar-refractivity contribution in [3.63, 3.8) is 0 Å². The molecule has 1 aliphatic rings. The molecule has 0 saturated heterocycles. The second kappa shape index (κ2) is 9.88. The number of methoxy groups -OCH3 is 2. The van der Waals surface area contributed by atoms with Crippen LogP contribution in [0.15, 0.2) is 42.5 Å². The zero-order chi connectivity index (χ0) is 25.1. The first-order valence-corrected chi connectivity index (χ1v) is 11.1. The molecule has 10 nitrogen and oxygen atoms in total. The maximum atomic E-state index is 12.7. The molecular formula is C25H26N4O6. The Hall–Kier alpha value is -4.34. The van der Waals surface area contributed by atoms with Gasteiger partial charge in [0.2, 0.25) is 5.91 Å². The zero-order valence-electron chi connectivity index (χ0n) is 19.9. The van der Waals surface area contributed by atoms with Crippen LogP contribution in [0.4, 0.5) is 11.5 Å². The molecule has 0 spiro atoms. The largest absolute Gasteiger partial charge is 0.493 e. The van der Waals surface area contributed by atoms with E-state index in [4.69, 9.17) is 14.2 Å². The van der Waals surface area contributed by atoms with Crippen molar-refractivity contribution in [2.75, 3.05) is 31.5 Å². The van der Waals surface area contributed by atoms with Crippen LogP contribution in [0.2, 0.25) is 0 Å². The first kappa shape index (κ1) is 23.8. The van der Waals surface area contributed by atoms with Gasteiger partial charge in [-0.3, -0.25) is 9.59 Å². The molecule has 0 radical (unpaired) electrons. The van der Waals surface area contributed by atoms with Gasteiger partial charge in [-0.1, -0.05) is 6.07 Å². The minimum absolute atomic E-state index is 0.106. The van der Waals surface area contributed by atoms with Crippen LogP contribution in [0, 0.1) is 6.92 Å². The lowest BCUT2D eigenvalue weighted by atomic mass is 10.1. The summed E-state index contributed by atoms with van der Waals surface area (Å²) in [7, 11) is 3.11. The Labute approximate surface area is 202 Å². The molecule has 1 atom stereocenters. The van der Waals surface area contributed by atoms with Crippen LogP contribution >= 0.6 is 0 Å². The normalized spacial score (nSPS) is 14.2. The molecule has 1 aromatic heterocycles. The van der Waals surface area contributed by atoms with Crippen molar-refractivity contribution in [2.24, 2.45) is 0 Å². The van der Waals surface area contributed by atoms with E-state index >= 15 is 0 Å². The number of hydrogen-bond acceptors (Lipinski definition) is 7. The van der Waals surface area contributed by atoms with Gasteiger partial charge in [-0.15, -0.1) is 0 Å². The monoisotopic (exact) mass is 478 g/mol. The van der Waals surface area contributed by atoms with E-state index in [0.29, 0.717) is 34.3 Å². The highest BCUT2D eigenvalue weighted by molar-refractivity contribution is 6.04. The molecule has 0 fully saturated rings. The Morgan fingerprint density at radius 1 is 1.09 bits per heavy atom. The summed E-state index contributed by atoms with van der Waals surface area (Å²) in [6, 6.07) is 11.0. The van der Waals surface area contributed by atoms with Crippen molar-refractivity contribution >= 4 is 29.3 Å². The van der Waals surface area contributed by atoms with Crippen molar-refractivity contribution in [3.8, 4) is 22.6 Å². The lowest BCUT2D eigenvalue weighted by Crippen LogP contribution is -2.23. The fraction of sp³-hybridized carbons (Fsp3) is 0.280. The van der Waals surface area contributed by atoms with Crippen LogP contribution < -0.4 is 20.1 Å². The standard InChI is InChI=1S/C25H26N4O6/c1-5-35-25(32)15-6-9-17(10-7-15)26-21(30)13-18-24(31)27-23-22(14(2)28-29(18)23)16-8-11-19(33-3)20(12-16)34-4/h6-12,18H,5,13H2,1-4H3,(H,26,30)(H,27,31). The smallest absolute Gasteiger partial charge is 0.338 e. The lowest BCUT2D eigenvalue weighted by molar-refractivity contribution is -0.123. The van der Waals surface area contributed by atoms with E-state index in [-0.39, 0.29) is 24.8 Å². The highest BCUT2D eigenvalue weighted by Gasteiger charge is 2.36. The van der Waals surface area contributed by atoms with Gasteiger partial charge in [-0.25, -0.2) is 9.48 Å². The van der Waals surface area contributed by atoms with Gasteiger partial charge >= 0.3 is 5.97 Å². The van der Waals surface area contributed by atoms with Crippen molar-refractivity contribution in [1.82, 2.24) is 9.78 Å². The van der Waals surface area contributed by atoms with Crippen LogP contribution in [0.1, 0.15) is 35.4 Å². The van der Waals surface area contributed by atoms with Crippen molar-refractivity contribution in [2.45, 2.75) is 26.3 Å². The lowest BCUT2D eigenvalue weighted by Gasteiger charge is -2.10. The van der Waals surface area contributed by atoms with Gasteiger partial charge in [-0.2, -0.15) is 5.10 Å². The first-order valence-electron chi connectivity index (χ1n) is 11.1. The van der Waals surface area contributed by atoms with E-state index in [1.54, 1.807) is 56.2 Å². The number of carbonyl (C=O) groups excluding carboxylic acids is 3. The molecule has 2 aromatic carbocycles. The van der Waals surface area contributed by atoms with Crippen molar-refractivity contribution in [1.29, 1.82) is 0 Å². The number of nitrogens with zero attached hydrogens (tertiary/aromatic N) is 2. The molecule has 0 saturated carbocycles. The fourth-order valence-corrected chi connectivity index (χ4v) is 4.01. The van der Waals surface area contributed by atoms with Crippen molar-refractivity contribution < 1.29 is 28.6 Å². The Bertz CT molecular complexity index is 1280. The molecule has 0 aliphatic carbocycles. The quantitative estimate of drug-likeness (QED) is 0.475. The van der Waals surface area contributed by atoms with Crippen LogP contribution in [-0.4, -0.2) is 48.4 Å². The molecule has 1 unspecified atom stereocenters. The van der Waals surface area contributed by atoms with Gasteiger partial charge in [0.05, 0.1) is 38.5 Å². The molecule has 10 heteroatoms. The summed E-state index contributed by atoms with van der Waals surface area (Å²) in [6.07, 6.45) is -0.106. The summed E-state index contributed by atoms with van der Waals surface area (Å²) < 4.78 is 17.2. The van der Waals surface area contributed by atoms with E-state index in [2.05, 4.69) is 15.7 Å². The van der Waals surface area contributed by atoms with Gasteiger partial charge in [0.1, 0.15) is 11.9 Å². The molecule has 2 heterocycles. The molecule has 35 heavy (non-hydrogen) atoms. The van der Waals surface area contributed by atoms with E-state index in [0.717, 1.165) is 11.1 Å². The zero-order valence-corrected chi connectivity index (χ0v) is 19.9. The van der Waals surface area contributed by atoms with E-state index in [1.807, 2.05) is 19.1 Å². The number of nitrogens with one attached hydrogen (secondary N) is 2. The Morgan fingerprint density at radius 2 is 1.80 bits per heavy atom. The molecule has 4 rings (SSSR count). The summed E-state index contributed by atoms with van der Waals surface area (Å²) in [6.45, 7) is 3.85. The SMILES string of the molecule is CCOC(=O)c1ccc(NC(=O)CC2C(=O)Nc3c(-c4ccc(OC)c(OC)c4)c(C)nn32)cc1. The van der Waals surface area contributed by atoms with E-state index < -0.39 is 12.0 Å². The molecule has 182 valence electrons. The molecular weight excluding hydrogens is 452 g/mol. The van der Waals surface area contributed by atoms with Crippen LogP contribution in [-0.2, 0) is 14.3 Å². The highest BCUT2D eigenvalue weighted by atomic mass is 16.5. The number of hydrogen-bond donors (Lipinski definition) is 2. The van der Waals surface area contributed by atoms with Gasteiger partial charge in [0.25, 0.3) is 5.91 Å². The third-order valence-electron chi connectivity index (χ3n) is 5.66. The third-order valence-corrected chi connectivity index (χ3v) is 5.66. The highest BCUT2D eigenvalue weighted by Crippen LogP contribution is 2.41. The Morgan fingerprint density at radius 3 is 2.46 bits per heavy atom. The number of rotatable bonds is 8. The van der Waals surface area contributed by atoms with Crippen LogP contribution in [0.3, 0.4) is 0 Å². The summed E-state index contributed by atoms with van der Waals surface area (Å²) in [5, 5.41) is 10.2. The Kier molecular flexibility index (Phi) is 6.72. The molecule has 3 aromatic rings. The minimum Gasteiger partial charge on any atom is -0.493 e. The van der Waals surface area contributed by atoms with Gasteiger partial charge in [-0.05, 0) is 55.8 Å². The van der Waals surface area contributed by atoms with Crippen LogP contribution in [0.5, 0.6) is 11.5 Å². The fourth-order valence-electron chi connectivity index (χ4n) is 4.01. The van der Waals surface area contributed by atoms with Crippen molar-refractivity contribution in [3.05, 3.63) is 53.7 Å². The second-order valence-electron chi connectivity index (χ2n) is 7.88. The number of fused-ring (bicyclic) bond motifs is 1. The van der Waals surface area contributed by atoms with E-state index in [1.165, 1.54) is 0 Å². The van der Waals surface area contributed by atoms with Gasteiger partial charge in [0, 0.05) is 11.3 Å². The predicted octanol–water partition coefficient (Wildman–Crippen LogP) is 3.57. The third kappa shape index (κ3) is 4.68. The van der Waals surface area contributed by atoms with Gasteiger partial charge in [0.15, 0.2) is 11.5 Å². The summed E-state index contributed by atoms with van der Waals surface area (Å²) in [5.41, 5.74) is 3.14. The predicted molar refractivity (Wildman–Crippen MR) is 129 cm³/mol. The molecule has 1 aliphatic heterocycles. The van der Waals surface area contributed by atoms with Crippen LogP contribution in [0.25, 0.3) is 11.1 Å². The number of aryl methyl sites for hydroxylation is 1. The number of anilines is 2. The molecule has 0 bridgehead atoms. The maximum absolute atomic E-state index is 12.7. The summed E-state index contributed by atoms with van der Waals surface area (Å²) in [4.78, 5) is 37.2. The molecule has 2 N–H and O–H groups in total. The minimum atomic E-state index is -0.795. The Balaban J connectivity index is 1.52. The average molecular weight is 479 g/mol. The summed E-state index contributed by atoms with van der Waals surface area (Å²) in [5.74, 6) is 0.561. The number of amides is 2. The number of ether oxygens (including phenoxy) is 3. The van der Waals surface area contributed by atoms with Gasteiger partial charge < -0.3 is 24.8 Å². The second-order valence-corrected chi connectivity index (χ2v) is 7.88. The number of aromatic nitrogens is 2. The first-order chi connectivity index (χ1) is 16.9. The topological polar surface area (TPSA) is 121 Å². The maximum Gasteiger partial charge on any atom is 0.338 e. The van der Waals surface area contributed by atoms with E-state index in [9.17, 15) is 14.4 Å². The molecule has 2 amide bonds. The number of benzene rings is 2. The summed E-state index contributed by atoms with van der Waals surface area (Å²) >= 11 is 0. The average Bonchev–Trinajstić information content (AvgIpc) is 3.32. The number of carbonyl (C=O) groups is 3. The number of esters is 1.